The van der Waals surface area contributed by atoms with E-state index in [1.807, 2.05) is 19.1 Å². The number of benzene rings is 1. The van der Waals surface area contributed by atoms with Crippen LogP contribution in [0.15, 0.2) is 42.6 Å². The van der Waals surface area contributed by atoms with Crippen molar-refractivity contribution >= 4 is 35.1 Å². The lowest BCUT2D eigenvalue weighted by molar-refractivity contribution is 0.631. The van der Waals surface area contributed by atoms with E-state index in [1.54, 1.807) is 24.4 Å². The third-order valence-electron chi connectivity index (χ3n) is 3.71. The molecule has 5 nitrogen and oxygen atoms in total. The number of hydrogen-bond donors (Lipinski definition) is 3. The summed E-state index contributed by atoms with van der Waals surface area (Å²) in [5.74, 6) is 0.482. The Balaban J connectivity index is 1.61. The second kappa shape index (κ2) is 8.01. The summed E-state index contributed by atoms with van der Waals surface area (Å²) >= 11 is 5.75. The van der Waals surface area contributed by atoms with Gasteiger partial charge in [0.1, 0.15) is 11.6 Å². The van der Waals surface area contributed by atoms with Gasteiger partial charge in [-0.2, -0.15) is 4.98 Å². The summed E-state index contributed by atoms with van der Waals surface area (Å²) in [6.45, 7) is 4.69. The summed E-state index contributed by atoms with van der Waals surface area (Å²) in [6, 6.07) is 8.24. The second-order valence-corrected chi connectivity index (χ2v) is 6.28. The summed E-state index contributed by atoms with van der Waals surface area (Å²) in [6.07, 6.45) is 5.64. The van der Waals surface area contributed by atoms with Crippen molar-refractivity contribution in [1.82, 2.24) is 15.0 Å². The van der Waals surface area contributed by atoms with Gasteiger partial charge >= 0.3 is 0 Å². The molecule has 2 aromatic heterocycles. The van der Waals surface area contributed by atoms with Crippen LogP contribution in [0.25, 0.3) is 6.08 Å². The van der Waals surface area contributed by atoms with Crippen molar-refractivity contribution in [2.75, 3.05) is 17.2 Å². The van der Waals surface area contributed by atoms with Gasteiger partial charge in [-0.1, -0.05) is 17.7 Å². The van der Waals surface area contributed by atoms with Gasteiger partial charge in [0.2, 0.25) is 5.95 Å². The quantitative estimate of drug-likeness (QED) is 0.565. The summed E-state index contributed by atoms with van der Waals surface area (Å²) in [4.78, 5) is 11.7. The van der Waals surface area contributed by atoms with Crippen LogP contribution in [0.3, 0.4) is 0 Å². The van der Waals surface area contributed by atoms with Crippen molar-refractivity contribution in [1.29, 1.82) is 0 Å². The van der Waals surface area contributed by atoms with Crippen LogP contribution in [0.4, 0.5) is 21.8 Å². The van der Waals surface area contributed by atoms with Crippen LogP contribution in [0.5, 0.6) is 0 Å². The van der Waals surface area contributed by atoms with E-state index in [0.29, 0.717) is 23.3 Å². The number of anilines is 3. The molecule has 0 saturated heterocycles. The first-order chi connectivity index (χ1) is 12.5. The van der Waals surface area contributed by atoms with Gasteiger partial charge < -0.3 is 15.6 Å². The average Bonchev–Trinajstić information content (AvgIpc) is 2.92. The van der Waals surface area contributed by atoms with Gasteiger partial charge in [0, 0.05) is 29.2 Å². The lowest BCUT2D eigenvalue weighted by atomic mass is 10.2. The van der Waals surface area contributed by atoms with Crippen molar-refractivity contribution in [2.24, 2.45) is 0 Å². The second-order valence-electron chi connectivity index (χ2n) is 5.85. The van der Waals surface area contributed by atoms with Crippen LogP contribution in [0.1, 0.15) is 17.0 Å². The molecule has 0 bridgehead atoms. The highest BCUT2D eigenvalue weighted by molar-refractivity contribution is 6.30. The first-order valence-electron chi connectivity index (χ1n) is 8.13. The first kappa shape index (κ1) is 17.9. The molecule has 134 valence electrons. The maximum absolute atomic E-state index is 13.9. The highest BCUT2D eigenvalue weighted by Crippen LogP contribution is 2.21. The van der Waals surface area contributed by atoms with Crippen molar-refractivity contribution in [2.45, 2.75) is 13.8 Å². The minimum absolute atomic E-state index is 0.268. The van der Waals surface area contributed by atoms with Crippen LogP contribution in [-0.2, 0) is 0 Å². The Morgan fingerprint density at radius 1 is 1.23 bits per heavy atom. The smallest absolute Gasteiger partial charge is 0.229 e. The molecule has 0 aliphatic rings. The zero-order valence-corrected chi connectivity index (χ0v) is 15.2. The zero-order chi connectivity index (χ0) is 18.5. The molecule has 7 heteroatoms. The number of aromatic amines is 1. The number of aryl methyl sites for hydroxylation is 2. The average molecular weight is 372 g/mol. The van der Waals surface area contributed by atoms with Gasteiger partial charge in [0.05, 0.1) is 5.69 Å². The van der Waals surface area contributed by atoms with Crippen LogP contribution >= 0.6 is 11.6 Å². The van der Waals surface area contributed by atoms with Gasteiger partial charge in [-0.15, -0.1) is 0 Å². The molecule has 3 N–H and O–H groups in total. The van der Waals surface area contributed by atoms with Gasteiger partial charge in [0.15, 0.2) is 0 Å². The van der Waals surface area contributed by atoms with Gasteiger partial charge in [-0.05, 0) is 55.8 Å². The Morgan fingerprint density at radius 3 is 2.81 bits per heavy atom. The molecular formula is C19H19ClFN5. The Labute approximate surface area is 156 Å². The van der Waals surface area contributed by atoms with E-state index in [-0.39, 0.29) is 5.69 Å². The van der Waals surface area contributed by atoms with E-state index in [9.17, 15) is 4.39 Å². The lowest BCUT2D eigenvalue weighted by Crippen LogP contribution is -2.04. The van der Waals surface area contributed by atoms with E-state index < -0.39 is 5.82 Å². The van der Waals surface area contributed by atoms with Crippen LogP contribution in [0.2, 0.25) is 5.02 Å². The maximum atomic E-state index is 13.9. The van der Waals surface area contributed by atoms with Gasteiger partial charge in [0.25, 0.3) is 0 Å². The SMILES string of the molecule is Cc1cc(C)c(/C=C\CNc2ccnc(Nc3ccc(Cl)cc3F)n2)[nH]1. The van der Waals surface area contributed by atoms with Crippen molar-refractivity contribution in [3.63, 3.8) is 0 Å². The number of hydrogen-bond acceptors (Lipinski definition) is 4. The molecule has 1 aromatic carbocycles. The number of nitrogens with zero attached hydrogens (tertiary/aromatic N) is 2. The van der Waals surface area contributed by atoms with E-state index in [0.717, 1.165) is 11.4 Å². The number of halogens is 2. The van der Waals surface area contributed by atoms with Crippen LogP contribution < -0.4 is 10.6 Å². The minimum Gasteiger partial charge on any atom is -0.366 e. The molecule has 0 aliphatic carbocycles. The maximum Gasteiger partial charge on any atom is 0.229 e. The molecule has 0 unspecified atom stereocenters. The standard InChI is InChI=1S/C19H19ClFN5/c1-12-10-13(2)24-16(12)4-3-8-22-18-7-9-23-19(26-18)25-17-6-5-14(20)11-15(17)21/h3-7,9-11,24H,8H2,1-2H3,(H2,22,23,25,26)/b4-3-. The third-order valence-corrected chi connectivity index (χ3v) is 3.94. The molecule has 0 fully saturated rings. The summed E-state index contributed by atoms with van der Waals surface area (Å²) < 4.78 is 13.9. The fourth-order valence-corrected chi connectivity index (χ4v) is 2.65. The molecule has 0 amide bonds. The van der Waals surface area contributed by atoms with E-state index in [4.69, 9.17) is 11.6 Å². The number of aromatic nitrogens is 3. The number of H-pyrrole nitrogens is 1. The van der Waals surface area contributed by atoms with Crippen LogP contribution in [0, 0.1) is 19.7 Å². The number of rotatable bonds is 6. The molecule has 26 heavy (non-hydrogen) atoms. The Bertz CT molecular complexity index is 935. The highest BCUT2D eigenvalue weighted by Gasteiger charge is 2.05. The molecule has 0 aliphatic heterocycles. The van der Waals surface area contributed by atoms with E-state index in [2.05, 4.69) is 38.6 Å². The summed E-state index contributed by atoms with van der Waals surface area (Å²) in [7, 11) is 0. The molecule has 0 radical (unpaired) electrons. The molecule has 0 spiro atoms. The summed E-state index contributed by atoms with van der Waals surface area (Å²) in [5.41, 5.74) is 3.70. The Kier molecular flexibility index (Phi) is 5.53. The van der Waals surface area contributed by atoms with Gasteiger partial charge in [-0.3, -0.25) is 0 Å². The number of nitrogens with one attached hydrogen (secondary N) is 3. The molecule has 0 atom stereocenters. The fourth-order valence-electron chi connectivity index (χ4n) is 2.49. The molecule has 2 heterocycles. The monoisotopic (exact) mass is 371 g/mol. The molecule has 0 saturated carbocycles. The third kappa shape index (κ3) is 4.61. The molecule has 3 rings (SSSR count). The topological polar surface area (TPSA) is 65.6 Å². The zero-order valence-electron chi connectivity index (χ0n) is 14.5. The van der Waals surface area contributed by atoms with E-state index >= 15 is 0 Å². The lowest BCUT2D eigenvalue weighted by Gasteiger charge is -2.08. The predicted molar refractivity (Wildman–Crippen MR) is 105 cm³/mol. The largest absolute Gasteiger partial charge is 0.366 e. The van der Waals surface area contributed by atoms with Crippen LogP contribution in [-0.4, -0.2) is 21.5 Å². The normalized spacial score (nSPS) is 11.1. The molecular weight excluding hydrogens is 353 g/mol. The predicted octanol–water partition coefficient (Wildman–Crippen LogP) is 5.08. The van der Waals surface area contributed by atoms with Gasteiger partial charge in [-0.25, -0.2) is 9.37 Å². The van der Waals surface area contributed by atoms with Crippen molar-refractivity contribution in [3.8, 4) is 0 Å². The molecule has 3 aromatic rings. The fraction of sp³-hybridized carbons (Fsp3) is 0.158. The summed E-state index contributed by atoms with van der Waals surface area (Å²) in [5, 5.41) is 6.37. The highest BCUT2D eigenvalue weighted by atomic mass is 35.5. The first-order valence-corrected chi connectivity index (χ1v) is 8.51. The Morgan fingerprint density at radius 2 is 2.08 bits per heavy atom. The van der Waals surface area contributed by atoms with Crippen molar-refractivity contribution < 1.29 is 4.39 Å². The van der Waals surface area contributed by atoms with Crippen molar-refractivity contribution in [3.05, 3.63) is 70.4 Å². The minimum atomic E-state index is -0.459. The Hall–Kier alpha value is -2.86. The van der Waals surface area contributed by atoms with E-state index in [1.165, 1.54) is 11.6 Å².